The minimum Gasteiger partial charge on any atom is -0.493 e. The topological polar surface area (TPSA) is 60.9 Å². The number of fused-ring (bicyclic) bond motifs is 1. The Morgan fingerprint density at radius 2 is 2.03 bits per heavy atom. The molecule has 0 radical (unpaired) electrons. The average molecular weight is 503 g/mol. The zero-order valence-corrected chi connectivity index (χ0v) is 21.6. The number of para-hydroxylation sites is 1. The Morgan fingerprint density at radius 1 is 1.14 bits per heavy atom. The van der Waals surface area contributed by atoms with E-state index >= 15 is 0 Å². The van der Waals surface area contributed by atoms with Crippen molar-refractivity contribution in [2.75, 3.05) is 27.4 Å². The minimum atomic E-state index is -0.123. The first-order valence-corrected chi connectivity index (χ1v) is 13.0. The predicted octanol–water partition coefficient (Wildman–Crippen LogP) is 6.11. The van der Waals surface area contributed by atoms with Gasteiger partial charge in [0.1, 0.15) is 0 Å². The number of rotatable bonds is 8. The Labute approximate surface area is 215 Å². The van der Waals surface area contributed by atoms with Gasteiger partial charge in [-0.15, -0.1) is 11.3 Å². The van der Waals surface area contributed by atoms with Crippen molar-refractivity contribution in [3.05, 3.63) is 76.7 Å². The fourth-order valence-electron chi connectivity index (χ4n) is 4.75. The van der Waals surface area contributed by atoms with Crippen molar-refractivity contribution in [2.24, 2.45) is 0 Å². The number of pyridine rings is 1. The van der Waals surface area contributed by atoms with Crippen LogP contribution >= 0.6 is 11.3 Å². The van der Waals surface area contributed by atoms with E-state index in [0.29, 0.717) is 30.2 Å². The van der Waals surface area contributed by atoms with Crippen LogP contribution < -0.4 is 9.47 Å². The predicted molar refractivity (Wildman–Crippen MR) is 143 cm³/mol. The first kappa shape index (κ1) is 24.3. The highest BCUT2D eigenvalue weighted by Crippen LogP contribution is 2.34. The van der Waals surface area contributed by atoms with Crippen molar-refractivity contribution in [3.8, 4) is 22.1 Å². The van der Waals surface area contributed by atoms with Crippen LogP contribution in [-0.2, 0) is 11.3 Å². The molecule has 5 rings (SSSR count). The smallest absolute Gasteiger partial charge is 0.258 e. The molecule has 4 aromatic rings. The standard InChI is InChI=1S/C29H30N2O4S/c1-19-11-12-20-16-21(27(30-24(20)15-19)26-10-6-14-36-26)17-31(18-22-7-5-13-35-22)29(32)23-8-4-9-25(33-2)28(23)34-3/h4,6,8-12,14-16,22H,5,7,13,17-18H2,1-3H3/t22-/m1/s1. The van der Waals surface area contributed by atoms with Crippen molar-refractivity contribution >= 4 is 28.1 Å². The summed E-state index contributed by atoms with van der Waals surface area (Å²) in [5.74, 6) is 0.845. The molecule has 6 nitrogen and oxygen atoms in total. The number of benzene rings is 2. The second-order valence-corrected chi connectivity index (χ2v) is 9.98. The van der Waals surface area contributed by atoms with Crippen molar-refractivity contribution in [3.63, 3.8) is 0 Å². The fraction of sp³-hybridized carbons (Fsp3) is 0.310. The van der Waals surface area contributed by atoms with E-state index < -0.39 is 0 Å². The SMILES string of the molecule is COc1cccc(C(=O)N(Cc2cc3ccc(C)cc3nc2-c2cccs2)C[C@H]2CCCO2)c1OC. The summed E-state index contributed by atoms with van der Waals surface area (Å²) < 4.78 is 17.0. The number of hydrogen-bond donors (Lipinski definition) is 0. The molecule has 7 heteroatoms. The molecule has 1 aliphatic heterocycles. The zero-order valence-electron chi connectivity index (χ0n) is 20.8. The highest BCUT2D eigenvalue weighted by atomic mass is 32.1. The molecule has 0 N–H and O–H groups in total. The van der Waals surface area contributed by atoms with E-state index in [2.05, 4.69) is 42.6 Å². The van der Waals surface area contributed by atoms with E-state index in [1.54, 1.807) is 37.7 Å². The van der Waals surface area contributed by atoms with Gasteiger partial charge in [0, 0.05) is 25.1 Å². The van der Waals surface area contributed by atoms with Gasteiger partial charge in [0.2, 0.25) is 0 Å². The number of aromatic nitrogens is 1. The molecule has 0 saturated carbocycles. The van der Waals surface area contributed by atoms with E-state index in [0.717, 1.165) is 46.5 Å². The van der Waals surface area contributed by atoms with Crippen LogP contribution in [-0.4, -0.2) is 49.3 Å². The lowest BCUT2D eigenvalue weighted by Gasteiger charge is -2.27. The molecule has 0 bridgehead atoms. The normalized spacial score (nSPS) is 15.2. The van der Waals surface area contributed by atoms with Crippen molar-refractivity contribution in [1.82, 2.24) is 9.88 Å². The third-order valence-electron chi connectivity index (χ3n) is 6.54. The molecule has 2 aromatic heterocycles. The Bertz CT molecular complexity index is 1360. The number of thiophene rings is 1. The number of nitrogens with zero attached hydrogens (tertiary/aromatic N) is 2. The monoisotopic (exact) mass is 502 g/mol. The lowest BCUT2D eigenvalue weighted by Crippen LogP contribution is -2.37. The minimum absolute atomic E-state index is 0.00630. The Kier molecular flexibility index (Phi) is 7.20. The maximum atomic E-state index is 14.0. The molecule has 1 fully saturated rings. The van der Waals surface area contributed by atoms with Gasteiger partial charge in [-0.3, -0.25) is 4.79 Å². The van der Waals surface area contributed by atoms with Gasteiger partial charge < -0.3 is 19.1 Å². The van der Waals surface area contributed by atoms with Gasteiger partial charge in [-0.25, -0.2) is 4.98 Å². The second-order valence-electron chi connectivity index (χ2n) is 9.03. The Hall–Kier alpha value is -3.42. The molecule has 1 aliphatic rings. The average Bonchev–Trinajstić information content (AvgIpc) is 3.62. The number of carbonyl (C=O) groups excluding carboxylic acids is 1. The molecule has 186 valence electrons. The first-order chi connectivity index (χ1) is 17.6. The molecular formula is C29H30N2O4S. The van der Waals surface area contributed by atoms with Gasteiger partial charge in [-0.05, 0) is 66.6 Å². The maximum Gasteiger partial charge on any atom is 0.258 e. The fourth-order valence-corrected chi connectivity index (χ4v) is 5.50. The summed E-state index contributed by atoms with van der Waals surface area (Å²) in [5, 5.41) is 3.11. The summed E-state index contributed by atoms with van der Waals surface area (Å²) in [6.07, 6.45) is 1.95. The van der Waals surface area contributed by atoms with Gasteiger partial charge in [-0.1, -0.05) is 24.3 Å². The highest BCUT2D eigenvalue weighted by molar-refractivity contribution is 7.13. The van der Waals surface area contributed by atoms with Gasteiger partial charge in [0.15, 0.2) is 11.5 Å². The van der Waals surface area contributed by atoms with E-state index in [9.17, 15) is 4.79 Å². The maximum absolute atomic E-state index is 14.0. The number of amides is 1. The van der Waals surface area contributed by atoms with E-state index in [1.807, 2.05) is 17.0 Å². The number of aryl methyl sites for hydroxylation is 1. The van der Waals surface area contributed by atoms with E-state index in [-0.39, 0.29) is 12.0 Å². The van der Waals surface area contributed by atoms with Crippen LogP contribution in [0.2, 0.25) is 0 Å². The van der Waals surface area contributed by atoms with Crippen LogP contribution in [0.25, 0.3) is 21.5 Å². The van der Waals surface area contributed by atoms with E-state index in [1.165, 1.54) is 5.56 Å². The Balaban J connectivity index is 1.58. The molecule has 36 heavy (non-hydrogen) atoms. The summed E-state index contributed by atoms with van der Waals surface area (Å²) in [6, 6.07) is 18.0. The third kappa shape index (κ3) is 4.94. The van der Waals surface area contributed by atoms with E-state index in [4.69, 9.17) is 19.2 Å². The molecule has 0 spiro atoms. The van der Waals surface area contributed by atoms with Crippen molar-refractivity contribution in [1.29, 1.82) is 0 Å². The van der Waals surface area contributed by atoms with Gasteiger partial charge in [-0.2, -0.15) is 0 Å². The number of methoxy groups -OCH3 is 2. The number of carbonyl (C=O) groups is 1. The molecule has 3 heterocycles. The van der Waals surface area contributed by atoms with Gasteiger partial charge in [0.05, 0.1) is 42.0 Å². The quantitative estimate of drug-likeness (QED) is 0.291. The molecule has 1 saturated heterocycles. The Morgan fingerprint density at radius 3 is 2.75 bits per heavy atom. The summed E-state index contributed by atoms with van der Waals surface area (Å²) in [6.45, 7) is 3.70. The molecular weight excluding hydrogens is 472 g/mol. The number of ether oxygens (including phenoxy) is 3. The van der Waals surface area contributed by atoms with Crippen LogP contribution in [0.3, 0.4) is 0 Å². The lowest BCUT2D eigenvalue weighted by atomic mass is 10.0. The molecule has 1 amide bonds. The molecule has 0 unspecified atom stereocenters. The van der Waals surface area contributed by atoms with Crippen molar-refractivity contribution < 1.29 is 19.0 Å². The summed E-state index contributed by atoms with van der Waals surface area (Å²) in [7, 11) is 3.13. The van der Waals surface area contributed by atoms with Crippen molar-refractivity contribution in [2.45, 2.75) is 32.4 Å². The van der Waals surface area contributed by atoms with Gasteiger partial charge in [0.25, 0.3) is 5.91 Å². The highest BCUT2D eigenvalue weighted by Gasteiger charge is 2.28. The van der Waals surface area contributed by atoms with Crippen LogP contribution in [0, 0.1) is 6.92 Å². The summed E-state index contributed by atoms with van der Waals surface area (Å²) in [4.78, 5) is 22.0. The molecule has 2 aromatic carbocycles. The molecule has 0 aliphatic carbocycles. The molecule has 1 atom stereocenters. The van der Waals surface area contributed by atoms with Crippen LogP contribution in [0.5, 0.6) is 11.5 Å². The van der Waals surface area contributed by atoms with Crippen LogP contribution in [0.1, 0.15) is 34.3 Å². The lowest BCUT2D eigenvalue weighted by molar-refractivity contribution is 0.0504. The van der Waals surface area contributed by atoms with Crippen LogP contribution in [0.15, 0.2) is 60.0 Å². The third-order valence-corrected chi connectivity index (χ3v) is 7.41. The zero-order chi connectivity index (χ0) is 25.1. The second kappa shape index (κ2) is 10.7. The first-order valence-electron chi connectivity index (χ1n) is 12.1. The van der Waals surface area contributed by atoms with Crippen LogP contribution in [0.4, 0.5) is 0 Å². The van der Waals surface area contributed by atoms with Gasteiger partial charge >= 0.3 is 0 Å². The summed E-state index contributed by atoms with van der Waals surface area (Å²) in [5.41, 5.74) is 4.50. The largest absolute Gasteiger partial charge is 0.493 e. The number of hydrogen-bond acceptors (Lipinski definition) is 6. The summed E-state index contributed by atoms with van der Waals surface area (Å²) >= 11 is 1.65.